The minimum absolute atomic E-state index is 0.122. The molecule has 0 fully saturated rings. The van der Waals surface area contributed by atoms with Crippen LogP contribution in [0, 0.1) is 0 Å². The summed E-state index contributed by atoms with van der Waals surface area (Å²) in [5, 5.41) is 8.80. The van der Waals surface area contributed by atoms with E-state index in [-0.39, 0.29) is 6.54 Å². The Bertz CT molecular complexity index is 433. The van der Waals surface area contributed by atoms with Gasteiger partial charge in [-0.3, -0.25) is 9.69 Å². The van der Waals surface area contributed by atoms with Gasteiger partial charge in [0, 0.05) is 10.5 Å². The number of rotatable bonds is 3. The van der Waals surface area contributed by atoms with Gasteiger partial charge in [-0.05, 0) is 49.6 Å². The summed E-state index contributed by atoms with van der Waals surface area (Å²) in [7, 11) is 1.89. The highest BCUT2D eigenvalue weighted by atomic mass is 79.9. The molecule has 1 N–H and O–H groups in total. The highest BCUT2D eigenvalue weighted by Gasteiger charge is 2.23. The number of hydrogen-bond acceptors (Lipinski definition) is 2. The standard InChI is InChI=1S/C13H16BrNO2/c1-15(8-13(16)17)12-5-3-9-6-11(14)4-2-10(9)7-12/h2,4,6,12H,3,5,7-8H2,1H3,(H,16,17). The fourth-order valence-corrected chi connectivity index (χ4v) is 2.83. The monoisotopic (exact) mass is 297 g/mol. The van der Waals surface area contributed by atoms with Crippen LogP contribution < -0.4 is 0 Å². The van der Waals surface area contributed by atoms with Crippen molar-refractivity contribution in [2.75, 3.05) is 13.6 Å². The van der Waals surface area contributed by atoms with E-state index in [4.69, 9.17) is 5.11 Å². The van der Waals surface area contributed by atoms with Crippen LogP contribution in [-0.2, 0) is 17.6 Å². The predicted molar refractivity (Wildman–Crippen MR) is 70.2 cm³/mol. The Morgan fingerprint density at radius 2 is 2.29 bits per heavy atom. The van der Waals surface area contributed by atoms with Crippen molar-refractivity contribution in [3.05, 3.63) is 33.8 Å². The van der Waals surface area contributed by atoms with Gasteiger partial charge in [-0.25, -0.2) is 0 Å². The maximum atomic E-state index is 10.7. The third-order valence-electron chi connectivity index (χ3n) is 3.38. The van der Waals surface area contributed by atoms with Crippen molar-refractivity contribution >= 4 is 21.9 Å². The molecule has 17 heavy (non-hydrogen) atoms. The van der Waals surface area contributed by atoms with Gasteiger partial charge in [0.2, 0.25) is 0 Å². The van der Waals surface area contributed by atoms with E-state index in [1.54, 1.807) is 0 Å². The van der Waals surface area contributed by atoms with Gasteiger partial charge in [-0.15, -0.1) is 0 Å². The van der Waals surface area contributed by atoms with Crippen molar-refractivity contribution in [3.63, 3.8) is 0 Å². The van der Waals surface area contributed by atoms with Gasteiger partial charge in [0.1, 0.15) is 0 Å². The highest BCUT2D eigenvalue weighted by molar-refractivity contribution is 9.10. The number of carboxylic acid groups (broad SMARTS) is 1. The number of carboxylic acids is 1. The Morgan fingerprint density at radius 1 is 1.53 bits per heavy atom. The fourth-order valence-electron chi connectivity index (χ4n) is 2.42. The molecule has 1 aliphatic carbocycles. The number of hydrogen-bond donors (Lipinski definition) is 1. The van der Waals surface area contributed by atoms with E-state index >= 15 is 0 Å². The fraction of sp³-hybridized carbons (Fsp3) is 0.462. The summed E-state index contributed by atoms with van der Waals surface area (Å²) >= 11 is 3.48. The molecule has 0 aromatic heterocycles. The summed E-state index contributed by atoms with van der Waals surface area (Å²) in [6.45, 7) is 0.122. The lowest BCUT2D eigenvalue weighted by Crippen LogP contribution is -2.39. The van der Waals surface area contributed by atoms with Gasteiger partial charge in [0.05, 0.1) is 6.54 Å². The van der Waals surface area contributed by atoms with Gasteiger partial charge >= 0.3 is 5.97 Å². The maximum Gasteiger partial charge on any atom is 0.317 e. The molecule has 0 saturated carbocycles. The van der Waals surface area contributed by atoms with E-state index in [2.05, 4.69) is 34.1 Å². The molecule has 1 atom stereocenters. The zero-order valence-corrected chi connectivity index (χ0v) is 11.4. The first-order chi connectivity index (χ1) is 8.06. The lowest BCUT2D eigenvalue weighted by molar-refractivity contribution is -0.138. The zero-order valence-electron chi connectivity index (χ0n) is 9.82. The Hall–Kier alpha value is -0.870. The Balaban J connectivity index is 2.08. The van der Waals surface area contributed by atoms with E-state index in [0.29, 0.717) is 6.04 Å². The van der Waals surface area contributed by atoms with Gasteiger partial charge in [0.25, 0.3) is 0 Å². The van der Waals surface area contributed by atoms with Crippen LogP contribution >= 0.6 is 15.9 Å². The summed E-state index contributed by atoms with van der Waals surface area (Å²) in [6, 6.07) is 6.71. The van der Waals surface area contributed by atoms with Gasteiger partial charge in [-0.2, -0.15) is 0 Å². The van der Waals surface area contributed by atoms with Crippen molar-refractivity contribution in [2.45, 2.75) is 25.3 Å². The molecule has 0 heterocycles. The average Bonchev–Trinajstić information content (AvgIpc) is 2.27. The third kappa shape index (κ3) is 3.07. The molecule has 1 aromatic carbocycles. The first-order valence-electron chi connectivity index (χ1n) is 5.75. The number of aliphatic carboxylic acids is 1. The Kier molecular flexibility index (Phi) is 3.84. The van der Waals surface area contributed by atoms with Gasteiger partial charge < -0.3 is 5.11 Å². The summed E-state index contributed by atoms with van der Waals surface area (Å²) in [5.41, 5.74) is 2.74. The number of halogens is 1. The largest absolute Gasteiger partial charge is 0.480 e. The quantitative estimate of drug-likeness (QED) is 0.931. The molecule has 0 saturated heterocycles. The molecule has 0 spiro atoms. The lowest BCUT2D eigenvalue weighted by Gasteiger charge is -2.31. The van der Waals surface area contributed by atoms with Gasteiger partial charge in [0.15, 0.2) is 0 Å². The smallest absolute Gasteiger partial charge is 0.317 e. The first kappa shape index (κ1) is 12.6. The third-order valence-corrected chi connectivity index (χ3v) is 3.87. The van der Waals surface area contributed by atoms with Crippen LogP contribution in [0.3, 0.4) is 0 Å². The summed E-state index contributed by atoms with van der Waals surface area (Å²) in [6.07, 6.45) is 3.02. The van der Waals surface area contributed by atoms with E-state index in [1.807, 2.05) is 11.9 Å². The lowest BCUT2D eigenvalue weighted by atomic mass is 9.88. The molecular weight excluding hydrogens is 282 g/mol. The maximum absolute atomic E-state index is 10.7. The molecule has 0 radical (unpaired) electrons. The summed E-state index contributed by atoms with van der Waals surface area (Å²) in [4.78, 5) is 12.6. The SMILES string of the molecule is CN(CC(=O)O)C1CCc2cc(Br)ccc2C1. The number of aryl methyl sites for hydroxylation is 1. The Morgan fingerprint density at radius 3 is 3.00 bits per heavy atom. The van der Waals surface area contributed by atoms with Crippen LogP contribution in [0.4, 0.5) is 0 Å². The van der Waals surface area contributed by atoms with Crippen LogP contribution in [0.1, 0.15) is 17.5 Å². The minimum Gasteiger partial charge on any atom is -0.480 e. The predicted octanol–water partition coefficient (Wildman–Crippen LogP) is 2.32. The molecule has 0 bridgehead atoms. The van der Waals surface area contributed by atoms with Crippen LogP contribution in [-0.4, -0.2) is 35.6 Å². The molecule has 1 aromatic rings. The number of benzene rings is 1. The number of nitrogens with zero attached hydrogens (tertiary/aromatic N) is 1. The number of fused-ring (bicyclic) bond motifs is 1. The molecule has 1 aliphatic rings. The topological polar surface area (TPSA) is 40.5 Å². The first-order valence-corrected chi connectivity index (χ1v) is 6.55. The number of carbonyl (C=O) groups is 1. The van der Waals surface area contributed by atoms with Crippen molar-refractivity contribution in [3.8, 4) is 0 Å². The minimum atomic E-state index is -0.755. The molecule has 2 rings (SSSR count). The van der Waals surface area contributed by atoms with Crippen LogP contribution in [0.15, 0.2) is 22.7 Å². The van der Waals surface area contributed by atoms with Crippen LogP contribution in [0.2, 0.25) is 0 Å². The van der Waals surface area contributed by atoms with Crippen LogP contribution in [0.25, 0.3) is 0 Å². The van der Waals surface area contributed by atoms with Crippen molar-refractivity contribution in [1.82, 2.24) is 4.90 Å². The molecule has 92 valence electrons. The van der Waals surface area contributed by atoms with E-state index in [0.717, 1.165) is 23.7 Å². The second-order valence-electron chi connectivity index (χ2n) is 4.62. The van der Waals surface area contributed by atoms with E-state index < -0.39 is 5.97 Å². The molecule has 3 nitrogen and oxygen atoms in total. The van der Waals surface area contributed by atoms with E-state index in [9.17, 15) is 4.79 Å². The van der Waals surface area contributed by atoms with Gasteiger partial charge in [-0.1, -0.05) is 22.0 Å². The molecule has 1 unspecified atom stereocenters. The van der Waals surface area contributed by atoms with Crippen molar-refractivity contribution in [1.29, 1.82) is 0 Å². The highest BCUT2D eigenvalue weighted by Crippen LogP contribution is 2.26. The summed E-state index contributed by atoms with van der Waals surface area (Å²) in [5.74, 6) is -0.755. The molecular formula is C13H16BrNO2. The second-order valence-corrected chi connectivity index (χ2v) is 5.53. The second kappa shape index (κ2) is 5.19. The van der Waals surface area contributed by atoms with Crippen molar-refractivity contribution < 1.29 is 9.90 Å². The van der Waals surface area contributed by atoms with Crippen molar-refractivity contribution in [2.24, 2.45) is 0 Å². The zero-order chi connectivity index (χ0) is 12.4. The number of likely N-dealkylation sites (N-methyl/N-ethyl adjacent to an activating group) is 1. The normalized spacial score (nSPS) is 19.1. The van der Waals surface area contributed by atoms with Crippen LogP contribution in [0.5, 0.6) is 0 Å². The Labute approximate surface area is 110 Å². The molecule has 4 heteroatoms. The average molecular weight is 298 g/mol. The molecule has 0 amide bonds. The molecule has 0 aliphatic heterocycles. The van der Waals surface area contributed by atoms with E-state index in [1.165, 1.54) is 11.1 Å². The summed E-state index contributed by atoms with van der Waals surface area (Å²) < 4.78 is 1.12.